The van der Waals surface area contributed by atoms with Gasteiger partial charge in [0.1, 0.15) is 5.70 Å². The Labute approximate surface area is 101 Å². The summed E-state index contributed by atoms with van der Waals surface area (Å²) in [6, 6.07) is 7.97. The Balaban J connectivity index is 2.22. The van der Waals surface area contributed by atoms with Crippen molar-refractivity contribution in [3.05, 3.63) is 47.2 Å². The summed E-state index contributed by atoms with van der Waals surface area (Å²) in [5.74, 6) is 0.0197. The van der Waals surface area contributed by atoms with Gasteiger partial charge in [-0.1, -0.05) is 31.6 Å². The van der Waals surface area contributed by atoms with Gasteiger partial charge in [0, 0.05) is 5.56 Å². The molecule has 1 aliphatic rings. The van der Waals surface area contributed by atoms with E-state index in [1.165, 1.54) is 5.56 Å². The molecule has 1 aliphatic heterocycles. The van der Waals surface area contributed by atoms with Crippen molar-refractivity contribution in [2.24, 2.45) is 4.99 Å². The van der Waals surface area contributed by atoms with Gasteiger partial charge in [-0.25, -0.2) is 9.79 Å². The molecule has 2 rings (SSSR count). The fourth-order valence-electron chi connectivity index (χ4n) is 1.73. The number of aryl methyl sites for hydroxylation is 1. The number of aliphatic imine (C=N–C) groups is 1. The molecule has 1 heterocycles. The largest absolute Gasteiger partial charge is 0.402 e. The summed E-state index contributed by atoms with van der Waals surface area (Å²) in [6.07, 6.45) is 3.84. The van der Waals surface area contributed by atoms with Gasteiger partial charge in [-0.15, -0.1) is 0 Å². The highest BCUT2D eigenvalue weighted by Gasteiger charge is 2.22. The molecule has 0 unspecified atom stereocenters. The molecule has 1 aromatic carbocycles. The topological polar surface area (TPSA) is 38.7 Å². The van der Waals surface area contributed by atoms with Crippen molar-refractivity contribution in [1.29, 1.82) is 0 Å². The molecular formula is C14H15NO2. The average Bonchev–Trinajstić information content (AvgIpc) is 2.72. The van der Waals surface area contributed by atoms with Crippen LogP contribution in [-0.2, 0) is 16.0 Å². The number of allylic oxidation sites excluding steroid dienone is 1. The third-order valence-corrected chi connectivity index (χ3v) is 2.63. The summed E-state index contributed by atoms with van der Waals surface area (Å²) in [4.78, 5) is 15.5. The standard InChI is InChI=1S/C14H15NO2/c1-3-5-10-6-8-11(9-7-10)13-15-12(4-2)14(16)17-13/h4,6-9H,3,5H2,1-2H3/b12-4-. The fraction of sp³-hybridized carbons (Fsp3) is 0.286. The van der Waals surface area contributed by atoms with Crippen molar-refractivity contribution in [2.75, 3.05) is 0 Å². The molecule has 88 valence electrons. The van der Waals surface area contributed by atoms with Gasteiger partial charge < -0.3 is 4.74 Å². The van der Waals surface area contributed by atoms with Crippen LogP contribution < -0.4 is 0 Å². The van der Waals surface area contributed by atoms with Crippen molar-refractivity contribution < 1.29 is 9.53 Å². The van der Waals surface area contributed by atoms with E-state index in [1.807, 2.05) is 24.3 Å². The minimum Gasteiger partial charge on any atom is -0.402 e. The van der Waals surface area contributed by atoms with Gasteiger partial charge in [0.05, 0.1) is 0 Å². The first-order chi connectivity index (χ1) is 8.24. The molecule has 0 N–H and O–H groups in total. The maximum absolute atomic E-state index is 11.4. The molecule has 0 bridgehead atoms. The van der Waals surface area contributed by atoms with Crippen LogP contribution in [0.5, 0.6) is 0 Å². The monoisotopic (exact) mass is 229 g/mol. The maximum atomic E-state index is 11.4. The smallest absolute Gasteiger partial charge is 0.363 e. The zero-order valence-electron chi connectivity index (χ0n) is 10.1. The quantitative estimate of drug-likeness (QED) is 0.590. The number of nitrogens with zero attached hydrogens (tertiary/aromatic N) is 1. The molecule has 0 radical (unpaired) electrons. The van der Waals surface area contributed by atoms with Gasteiger partial charge in [0.2, 0.25) is 5.90 Å². The Morgan fingerprint density at radius 2 is 2.00 bits per heavy atom. The van der Waals surface area contributed by atoms with Gasteiger partial charge >= 0.3 is 5.97 Å². The number of carbonyl (C=O) groups is 1. The van der Waals surface area contributed by atoms with E-state index in [0.717, 1.165) is 18.4 Å². The van der Waals surface area contributed by atoms with Crippen LogP contribution in [0.2, 0.25) is 0 Å². The van der Waals surface area contributed by atoms with Crippen LogP contribution in [0.4, 0.5) is 0 Å². The van der Waals surface area contributed by atoms with Gasteiger partial charge in [-0.2, -0.15) is 0 Å². The molecule has 1 aromatic rings. The first kappa shape index (κ1) is 11.6. The normalized spacial score (nSPS) is 17.2. The molecule has 0 fully saturated rings. The summed E-state index contributed by atoms with van der Waals surface area (Å²) in [5, 5.41) is 0. The highest BCUT2D eigenvalue weighted by Crippen LogP contribution is 2.16. The van der Waals surface area contributed by atoms with Crippen molar-refractivity contribution in [1.82, 2.24) is 0 Å². The summed E-state index contributed by atoms with van der Waals surface area (Å²) < 4.78 is 5.09. The van der Waals surface area contributed by atoms with Gasteiger partial charge in [-0.05, 0) is 31.0 Å². The average molecular weight is 229 g/mol. The van der Waals surface area contributed by atoms with Crippen LogP contribution >= 0.6 is 0 Å². The molecule has 0 amide bonds. The van der Waals surface area contributed by atoms with E-state index >= 15 is 0 Å². The maximum Gasteiger partial charge on any atom is 0.363 e. The highest BCUT2D eigenvalue weighted by atomic mass is 16.6. The fourth-order valence-corrected chi connectivity index (χ4v) is 1.73. The number of ether oxygens (including phenoxy) is 1. The lowest BCUT2D eigenvalue weighted by atomic mass is 10.1. The second-order valence-electron chi connectivity index (χ2n) is 3.93. The van der Waals surface area contributed by atoms with E-state index in [-0.39, 0.29) is 5.97 Å². The summed E-state index contributed by atoms with van der Waals surface area (Å²) in [7, 11) is 0. The highest BCUT2D eigenvalue weighted by molar-refractivity contribution is 6.11. The van der Waals surface area contributed by atoms with E-state index in [1.54, 1.807) is 13.0 Å². The zero-order chi connectivity index (χ0) is 12.3. The van der Waals surface area contributed by atoms with E-state index < -0.39 is 0 Å². The van der Waals surface area contributed by atoms with Crippen molar-refractivity contribution in [2.45, 2.75) is 26.7 Å². The van der Waals surface area contributed by atoms with Crippen LogP contribution in [0.1, 0.15) is 31.4 Å². The SMILES string of the molecule is C/C=C1\N=C(c2ccc(CCC)cc2)OC1=O. The number of carbonyl (C=O) groups excluding carboxylic acids is 1. The van der Waals surface area contributed by atoms with E-state index in [9.17, 15) is 4.79 Å². The molecule has 3 heteroatoms. The second kappa shape index (κ2) is 4.95. The van der Waals surface area contributed by atoms with Crippen molar-refractivity contribution >= 4 is 11.9 Å². The Morgan fingerprint density at radius 1 is 1.29 bits per heavy atom. The molecule has 0 aromatic heterocycles. The van der Waals surface area contributed by atoms with E-state index in [4.69, 9.17) is 4.74 Å². The van der Waals surface area contributed by atoms with E-state index in [2.05, 4.69) is 11.9 Å². The molecule has 0 atom stereocenters. The lowest BCUT2D eigenvalue weighted by Gasteiger charge is -2.01. The van der Waals surface area contributed by atoms with Crippen LogP contribution in [0.25, 0.3) is 0 Å². The molecular weight excluding hydrogens is 214 g/mol. The molecule has 3 nitrogen and oxygen atoms in total. The second-order valence-corrected chi connectivity index (χ2v) is 3.93. The van der Waals surface area contributed by atoms with Crippen LogP contribution in [-0.4, -0.2) is 11.9 Å². The van der Waals surface area contributed by atoms with Crippen LogP contribution in [0, 0.1) is 0 Å². The minimum absolute atomic E-state index is 0.373. The predicted molar refractivity (Wildman–Crippen MR) is 66.8 cm³/mol. The Morgan fingerprint density at radius 3 is 2.53 bits per heavy atom. The predicted octanol–water partition coefficient (Wildman–Crippen LogP) is 2.85. The van der Waals surface area contributed by atoms with Gasteiger partial charge in [0.15, 0.2) is 0 Å². The Bertz CT molecular complexity index is 483. The summed E-state index contributed by atoms with van der Waals surface area (Å²) in [6.45, 7) is 3.92. The third-order valence-electron chi connectivity index (χ3n) is 2.63. The first-order valence-corrected chi connectivity index (χ1v) is 5.81. The molecule has 0 saturated heterocycles. The van der Waals surface area contributed by atoms with Crippen LogP contribution in [0.3, 0.4) is 0 Å². The van der Waals surface area contributed by atoms with Crippen molar-refractivity contribution in [3.8, 4) is 0 Å². The van der Waals surface area contributed by atoms with Gasteiger partial charge in [0.25, 0.3) is 0 Å². The van der Waals surface area contributed by atoms with Crippen molar-refractivity contribution in [3.63, 3.8) is 0 Å². The third kappa shape index (κ3) is 2.44. The van der Waals surface area contributed by atoms with Gasteiger partial charge in [-0.3, -0.25) is 0 Å². The minimum atomic E-state index is -0.375. The van der Waals surface area contributed by atoms with E-state index in [0.29, 0.717) is 11.6 Å². The number of hydrogen-bond donors (Lipinski definition) is 0. The first-order valence-electron chi connectivity index (χ1n) is 5.81. The molecule has 17 heavy (non-hydrogen) atoms. The zero-order valence-corrected chi connectivity index (χ0v) is 10.1. The summed E-state index contributed by atoms with van der Waals surface area (Å²) >= 11 is 0. The number of rotatable bonds is 3. The molecule has 0 saturated carbocycles. The number of benzene rings is 1. The lowest BCUT2D eigenvalue weighted by Crippen LogP contribution is -2.05. The number of esters is 1. The van der Waals surface area contributed by atoms with Crippen LogP contribution in [0.15, 0.2) is 41.0 Å². The summed E-state index contributed by atoms with van der Waals surface area (Å²) in [5.41, 5.74) is 2.50. The Hall–Kier alpha value is -1.90. The lowest BCUT2D eigenvalue weighted by molar-refractivity contribution is -0.130. The molecule has 0 aliphatic carbocycles. The number of cyclic esters (lactones) is 1. The number of hydrogen-bond acceptors (Lipinski definition) is 3. The molecule has 0 spiro atoms. The Kier molecular flexibility index (Phi) is 3.38.